The lowest BCUT2D eigenvalue weighted by Crippen LogP contribution is -2.01. The van der Waals surface area contributed by atoms with Crippen molar-refractivity contribution in [3.63, 3.8) is 0 Å². The standard InChI is InChI=1S/C17H15ClN4S/c1-10(11-5-7-12(18)8-6-11)21-22-16-15-13-3-2-4-14(13)23-17(15)20-9-19-16/h5-9H,2-4H2,1H3,(H,19,20,22)/b21-10-. The van der Waals surface area contributed by atoms with Crippen LogP contribution in [0.4, 0.5) is 5.82 Å². The summed E-state index contributed by atoms with van der Waals surface area (Å²) in [5.74, 6) is 0.794. The Bertz CT molecular complexity index is 899. The molecule has 0 unspecified atom stereocenters. The van der Waals surface area contributed by atoms with Gasteiger partial charge in [0.15, 0.2) is 5.82 Å². The number of halogens is 1. The van der Waals surface area contributed by atoms with Crippen LogP contribution >= 0.6 is 22.9 Å². The van der Waals surface area contributed by atoms with E-state index >= 15 is 0 Å². The lowest BCUT2D eigenvalue weighted by molar-refractivity contribution is 0.917. The molecule has 3 aromatic rings. The normalized spacial score (nSPS) is 14.3. The number of hydrogen-bond acceptors (Lipinski definition) is 5. The van der Waals surface area contributed by atoms with E-state index in [2.05, 4.69) is 20.5 Å². The van der Waals surface area contributed by atoms with E-state index in [-0.39, 0.29) is 0 Å². The Morgan fingerprint density at radius 1 is 1.22 bits per heavy atom. The van der Waals surface area contributed by atoms with E-state index in [1.807, 2.05) is 31.2 Å². The summed E-state index contributed by atoms with van der Waals surface area (Å²) >= 11 is 7.70. The fourth-order valence-electron chi connectivity index (χ4n) is 2.91. The van der Waals surface area contributed by atoms with Crippen molar-refractivity contribution in [2.45, 2.75) is 26.2 Å². The highest BCUT2D eigenvalue weighted by molar-refractivity contribution is 7.19. The first-order valence-corrected chi connectivity index (χ1v) is 8.73. The smallest absolute Gasteiger partial charge is 0.158 e. The van der Waals surface area contributed by atoms with Crippen molar-refractivity contribution in [2.24, 2.45) is 5.10 Å². The van der Waals surface area contributed by atoms with E-state index in [4.69, 9.17) is 11.6 Å². The van der Waals surface area contributed by atoms with Crippen molar-refractivity contribution in [1.29, 1.82) is 0 Å². The molecule has 23 heavy (non-hydrogen) atoms. The van der Waals surface area contributed by atoms with Crippen molar-refractivity contribution in [3.05, 3.63) is 51.6 Å². The second kappa shape index (κ2) is 5.91. The molecule has 1 aliphatic carbocycles. The molecule has 1 N–H and O–H groups in total. The van der Waals surface area contributed by atoms with Crippen LogP contribution < -0.4 is 5.43 Å². The molecular weight excluding hydrogens is 328 g/mol. The van der Waals surface area contributed by atoms with Gasteiger partial charge in [0.05, 0.1) is 11.1 Å². The van der Waals surface area contributed by atoms with Crippen LogP contribution in [0, 0.1) is 0 Å². The number of benzene rings is 1. The van der Waals surface area contributed by atoms with E-state index in [9.17, 15) is 0 Å². The van der Waals surface area contributed by atoms with Gasteiger partial charge in [0, 0.05) is 9.90 Å². The van der Waals surface area contributed by atoms with Crippen molar-refractivity contribution in [2.75, 3.05) is 5.43 Å². The predicted octanol–water partition coefficient (Wildman–Crippen LogP) is 4.67. The van der Waals surface area contributed by atoms with Gasteiger partial charge in [0.1, 0.15) is 11.2 Å². The molecule has 116 valence electrons. The quantitative estimate of drug-likeness (QED) is 0.556. The van der Waals surface area contributed by atoms with Crippen molar-refractivity contribution < 1.29 is 0 Å². The fraction of sp³-hybridized carbons (Fsp3) is 0.235. The molecule has 4 rings (SSSR count). The fourth-order valence-corrected chi connectivity index (χ4v) is 4.26. The summed E-state index contributed by atoms with van der Waals surface area (Å²) in [6.45, 7) is 1.96. The molecular formula is C17H15ClN4S. The summed E-state index contributed by atoms with van der Waals surface area (Å²) in [5, 5.41) is 6.35. The zero-order valence-electron chi connectivity index (χ0n) is 12.6. The maximum Gasteiger partial charge on any atom is 0.158 e. The molecule has 0 fully saturated rings. The van der Waals surface area contributed by atoms with Crippen LogP contribution in [0.5, 0.6) is 0 Å². The van der Waals surface area contributed by atoms with E-state index in [0.717, 1.165) is 45.2 Å². The van der Waals surface area contributed by atoms with E-state index < -0.39 is 0 Å². The monoisotopic (exact) mass is 342 g/mol. The summed E-state index contributed by atoms with van der Waals surface area (Å²) in [4.78, 5) is 11.3. The minimum atomic E-state index is 0.723. The summed E-state index contributed by atoms with van der Waals surface area (Å²) in [5.41, 5.74) is 6.44. The van der Waals surface area contributed by atoms with Gasteiger partial charge in [-0.25, -0.2) is 9.97 Å². The van der Waals surface area contributed by atoms with Crippen LogP contribution in [0.15, 0.2) is 35.7 Å². The number of aromatic nitrogens is 2. The number of nitrogens with zero attached hydrogens (tertiary/aromatic N) is 3. The zero-order chi connectivity index (χ0) is 15.8. The Morgan fingerprint density at radius 2 is 2.04 bits per heavy atom. The number of rotatable bonds is 3. The van der Waals surface area contributed by atoms with Gasteiger partial charge in [-0.2, -0.15) is 5.10 Å². The number of aryl methyl sites for hydroxylation is 2. The first-order chi connectivity index (χ1) is 11.2. The molecule has 0 radical (unpaired) electrons. The summed E-state index contributed by atoms with van der Waals surface area (Å²) in [7, 11) is 0. The number of hydrazone groups is 1. The Morgan fingerprint density at radius 3 is 2.87 bits per heavy atom. The van der Waals surface area contributed by atoms with Gasteiger partial charge in [-0.05, 0) is 49.4 Å². The van der Waals surface area contributed by atoms with E-state index in [0.29, 0.717) is 0 Å². The topological polar surface area (TPSA) is 50.2 Å². The number of anilines is 1. The SMILES string of the molecule is C/C(=N/Nc1ncnc2sc3c(c12)CCC3)c1ccc(Cl)cc1. The molecule has 4 nitrogen and oxygen atoms in total. The van der Waals surface area contributed by atoms with Gasteiger partial charge in [-0.1, -0.05) is 23.7 Å². The largest absolute Gasteiger partial charge is 0.260 e. The second-order valence-electron chi connectivity index (χ2n) is 5.58. The number of nitrogens with one attached hydrogen (secondary N) is 1. The summed E-state index contributed by atoms with van der Waals surface area (Å²) < 4.78 is 0. The van der Waals surface area contributed by atoms with Crippen LogP contribution in [-0.2, 0) is 12.8 Å². The van der Waals surface area contributed by atoms with Crippen LogP contribution in [-0.4, -0.2) is 15.7 Å². The van der Waals surface area contributed by atoms with Gasteiger partial charge in [0.25, 0.3) is 0 Å². The highest BCUT2D eigenvalue weighted by Crippen LogP contribution is 2.38. The molecule has 6 heteroatoms. The molecule has 0 aliphatic heterocycles. The van der Waals surface area contributed by atoms with Crippen molar-refractivity contribution in [3.8, 4) is 0 Å². The molecule has 1 aromatic carbocycles. The third-order valence-corrected chi connectivity index (χ3v) is 5.54. The maximum absolute atomic E-state index is 5.92. The maximum atomic E-state index is 5.92. The molecule has 2 heterocycles. The van der Waals surface area contributed by atoms with Crippen LogP contribution in [0.1, 0.15) is 29.3 Å². The average molecular weight is 343 g/mol. The Balaban J connectivity index is 1.68. The van der Waals surface area contributed by atoms with Gasteiger partial charge in [-0.15, -0.1) is 11.3 Å². The first-order valence-electron chi connectivity index (χ1n) is 7.54. The van der Waals surface area contributed by atoms with Gasteiger partial charge < -0.3 is 0 Å². The second-order valence-corrected chi connectivity index (χ2v) is 7.10. The Hall–Kier alpha value is -1.98. The van der Waals surface area contributed by atoms with E-state index in [1.165, 1.54) is 16.9 Å². The lowest BCUT2D eigenvalue weighted by Gasteiger charge is -2.05. The van der Waals surface area contributed by atoms with Crippen LogP contribution in [0.3, 0.4) is 0 Å². The number of hydrogen-bond donors (Lipinski definition) is 1. The predicted molar refractivity (Wildman–Crippen MR) is 96.7 cm³/mol. The molecule has 0 saturated heterocycles. The molecule has 0 atom stereocenters. The Kier molecular flexibility index (Phi) is 3.75. The molecule has 2 aromatic heterocycles. The highest BCUT2D eigenvalue weighted by Gasteiger charge is 2.21. The van der Waals surface area contributed by atoms with Crippen LogP contribution in [0.2, 0.25) is 5.02 Å². The van der Waals surface area contributed by atoms with Crippen molar-refractivity contribution in [1.82, 2.24) is 9.97 Å². The molecule has 1 aliphatic rings. The summed E-state index contributed by atoms with van der Waals surface area (Å²) in [6, 6.07) is 7.65. The molecule has 0 spiro atoms. The van der Waals surface area contributed by atoms with Crippen molar-refractivity contribution >= 4 is 44.7 Å². The van der Waals surface area contributed by atoms with E-state index in [1.54, 1.807) is 17.7 Å². The minimum Gasteiger partial charge on any atom is -0.260 e. The summed E-state index contributed by atoms with van der Waals surface area (Å²) in [6.07, 6.45) is 5.09. The van der Waals surface area contributed by atoms with Gasteiger partial charge in [-0.3, -0.25) is 5.43 Å². The molecule has 0 bridgehead atoms. The van der Waals surface area contributed by atoms with Gasteiger partial charge >= 0.3 is 0 Å². The lowest BCUT2D eigenvalue weighted by atomic mass is 10.1. The zero-order valence-corrected chi connectivity index (χ0v) is 14.2. The molecule has 0 amide bonds. The number of thiophene rings is 1. The number of fused-ring (bicyclic) bond motifs is 3. The van der Waals surface area contributed by atoms with Crippen LogP contribution in [0.25, 0.3) is 10.2 Å². The average Bonchev–Trinajstić information content (AvgIpc) is 3.14. The third-order valence-electron chi connectivity index (χ3n) is 4.09. The Labute approximate surface area is 143 Å². The minimum absolute atomic E-state index is 0.723. The van der Waals surface area contributed by atoms with Gasteiger partial charge in [0.2, 0.25) is 0 Å². The highest BCUT2D eigenvalue weighted by atomic mass is 35.5. The first kappa shape index (κ1) is 14.6. The molecule has 0 saturated carbocycles. The third kappa shape index (κ3) is 2.71.